The maximum absolute atomic E-state index is 9.22. The van der Waals surface area contributed by atoms with Gasteiger partial charge in [-0.1, -0.05) is 0 Å². The van der Waals surface area contributed by atoms with E-state index in [1.165, 1.54) is 32.1 Å². The lowest BCUT2D eigenvalue weighted by Gasteiger charge is -2.55. The summed E-state index contributed by atoms with van der Waals surface area (Å²) in [6.45, 7) is 0.300. The zero-order chi connectivity index (χ0) is 8.13. The normalized spacial score (nSPS) is 51.8. The van der Waals surface area contributed by atoms with Gasteiger partial charge in [0.25, 0.3) is 0 Å². The number of hydrogen-bond donors (Lipinski definition) is 1. The zero-order valence-corrected chi connectivity index (χ0v) is 7.45. The lowest BCUT2D eigenvalue weighted by atomic mass is 9.64. The zero-order valence-electron chi connectivity index (χ0n) is 7.45. The lowest BCUT2D eigenvalue weighted by molar-refractivity contribution is -0.0952. The van der Waals surface area contributed by atoms with Crippen molar-refractivity contribution < 1.29 is 5.11 Å². The van der Waals surface area contributed by atoms with Gasteiger partial charge in [0.05, 0.1) is 6.73 Å². The minimum absolute atomic E-state index is 0.300. The summed E-state index contributed by atoms with van der Waals surface area (Å²) in [5.41, 5.74) is 0. The molecule has 1 N–H and O–H groups in total. The highest BCUT2D eigenvalue weighted by Crippen LogP contribution is 2.48. The van der Waals surface area contributed by atoms with Gasteiger partial charge in [0, 0.05) is 12.1 Å². The highest BCUT2D eigenvalue weighted by atomic mass is 16.3. The summed E-state index contributed by atoms with van der Waals surface area (Å²) >= 11 is 0. The third kappa shape index (κ3) is 0.882. The van der Waals surface area contributed by atoms with E-state index in [1.54, 1.807) is 0 Å². The van der Waals surface area contributed by atoms with Gasteiger partial charge in [0.1, 0.15) is 0 Å². The Hall–Kier alpha value is -0.0800. The molecular weight excluding hydrogens is 150 g/mol. The van der Waals surface area contributed by atoms with E-state index in [0.717, 1.165) is 23.9 Å². The minimum atomic E-state index is 0.300. The second-order valence-electron chi connectivity index (χ2n) is 4.87. The highest BCUT2D eigenvalue weighted by Gasteiger charge is 2.46. The largest absolute Gasteiger partial charge is 0.381 e. The van der Waals surface area contributed by atoms with Gasteiger partial charge in [-0.05, 0) is 43.9 Å². The van der Waals surface area contributed by atoms with Crippen LogP contribution in [0.2, 0.25) is 0 Å². The molecule has 0 aromatic carbocycles. The molecule has 4 rings (SSSR count). The number of nitrogens with zero attached hydrogens (tertiary/aromatic N) is 1. The summed E-state index contributed by atoms with van der Waals surface area (Å²) in [6.07, 6.45) is 6.97. The third-order valence-electron chi connectivity index (χ3n) is 4.19. The van der Waals surface area contributed by atoms with Crippen LogP contribution in [0.15, 0.2) is 0 Å². The van der Waals surface area contributed by atoms with Crippen LogP contribution in [0.4, 0.5) is 0 Å². The standard InChI is InChI=1S/C10H17NO/c12-6-11-9-2-7-1-8(4-9)5-10(11)3-7/h7-10,12H,1-6H2. The number of aliphatic hydroxyl groups is 1. The SMILES string of the molecule is OCN1C2CC3CC(C2)CC1C3. The van der Waals surface area contributed by atoms with Crippen molar-refractivity contribution in [2.24, 2.45) is 11.8 Å². The monoisotopic (exact) mass is 167 g/mol. The first-order valence-corrected chi connectivity index (χ1v) is 5.23. The summed E-state index contributed by atoms with van der Waals surface area (Å²) < 4.78 is 0. The van der Waals surface area contributed by atoms with Crippen LogP contribution in [0.3, 0.4) is 0 Å². The topological polar surface area (TPSA) is 23.5 Å². The number of piperidine rings is 2. The van der Waals surface area contributed by atoms with Crippen molar-refractivity contribution in [2.45, 2.75) is 44.2 Å². The minimum Gasteiger partial charge on any atom is -0.381 e. The van der Waals surface area contributed by atoms with Gasteiger partial charge in [0.2, 0.25) is 0 Å². The Balaban J connectivity index is 1.86. The van der Waals surface area contributed by atoms with E-state index in [9.17, 15) is 5.11 Å². The van der Waals surface area contributed by atoms with Crippen LogP contribution >= 0.6 is 0 Å². The van der Waals surface area contributed by atoms with Crippen molar-refractivity contribution in [1.29, 1.82) is 0 Å². The molecule has 0 radical (unpaired) electrons. The van der Waals surface area contributed by atoms with Crippen LogP contribution in [0.5, 0.6) is 0 Å². The van der Waals surface area contributed by atoms with Gasteiger partial charge in [-0.3, -0.25) is 4.90 Å². The van der Waals surface area contributed by atoms with E-state index in [2.05, 4.69) is 4.90 Å². The molecule has 4 bridgehead atoms. The average molecular weight is 167 g/mol. The molecule has 0 aromatic rings. The van der Waals surface area contributed by atoms with Crippen molar-refractivity contribution in [1.82, 2.24) is 4.90 Å². The molecule has 0 unspecified atom stereocenters. The maximum Gasteiger partial charge on any atom is 0.0961 e. The van der Waals surface area contributed by atoms with Gasteiger partial charge in [-0.25, -0.2) is 0 Å². The third-order valence-corrected chi connectivity index (χ3v) is 4.19. The molecule has 2 saturated heterocycles. The fourth-order valence-electron chi connectivity index (χ4n) is 3.85. The lowest BCUT2D eigenvalue weighted by Crippen LogP contribution is -2.58. The Morgan fingerprint density at radius 3 is 1.83 bits per heavy atom. The Bertz CT molecular complexity index is 164. The van der Waals surface area contributed by atoms with Crippen LogP contribution < -0.4 is 0 Å². The van der Waals surface area contributed by atoms with Crippen LogP contribution in [0.25, 0.3) is 0 Å². The van der Waals surface area contributed by atoms with Crippen LogP contribution in [0, 0.1) is 11.8 Å². The Morgan fingerprint density at radius 1 is 0.917 bits per heavy atom. The van der Waals surface area contributed by atoms with Gasteiger partial charge < -0.3 is 5.11 Å². The summed E-state index contributed by atoms with van der Waals surface area (Å²) in [5, 5.41) is 9.22. The second-order valence-corrected chi connectivity index (χ2v) is 4.87. The molecule has 2 heterocycles. The molecule has 2 nitrogen and oxygen atoms in total. The molecule has 0 spiro atoms. The van der Waals surface area contributed by atoms with E-state index in [1.807, 2.05) is 0 Å². The summed E-state index contributed by atoms with van der Waals surface area (Å²) in [6, 6.07) is 1.48. The second kappa shape index (κ2) is 2.46. The van der Waals surface area contributed by atoms with Crippen molar-refractivity contribution in [2.75, 3.05) is 6.73 Å². The van der Waals surface area contributed by atoms with Gasteiger partial charge in [-0.2, -0.15) is 0 Å². The van der Waals surface area contributed by atoms with Crippen molar-refractivity contribution in [3.8, 4) is 0 Å². The first-order chi connectivity index (χ1) is 5.86. The number of hydrogen-bond acceptors (Lipinski definition) is 2. The Kier molecular flexibility index (Phi) is 1.50. The molecule has 2 heteroatoms. The first-order valence-electron chi connectivity index (χ1n) is 5.23. The Labute approximate surface area is 73.6 Å². The first kappa shape index (κ1) is 7.34. The van der Waals surface area contributed by atoms with Gasteiger partial charge in [-0.15, -0.1) is 0 Å². The Morgan fingerprint density at radius 2 is 1.42 bits per heavy atom. The fraction of sp³-hybridized carbons (Fsp3) is 1.00. The van der Waals surface area contributed by atoms with E-state index in [0.29, 0.717) is 6.73 Å². The molecule has 2 aliphatic carbocycles. The van der Waals surface area contributed by atoms with E-state index < -0.39 is 0 Å². The quantitative estimate of drug-likeness (QED) is 0.634. The molecule has 12 heavy (non-hydrogen) atoms. The van der Waals surface area contributed by atoms with Crippen LogP contribution in [-0.2, 0) is 0 Å². The van der Waals surface area contributed by atoms with E-state index >= 15 is 0 Å². The molecule has 68 valence electrons. The van der Waals surface area contributed by atoms with Crippen LogP contribution in [0.1, 0.15) is 32.1 Å². The number of rotatable bonds is 1. The van der Waals surface area contributed by atoms with Crippen molar-refractivity contribution in [3.05, 3.63) is 0 Å². The predicted molar refractivity (Wildman–Crippen MR) is 46.6 cm³/mol. The molecule has 4 fully saturated rings. The fourth-order valence-corrected chi connectivity index (χ4v) is 3.85. The van der Waals surface area contributed by atoms with Gasteiger partial charge in [0.15, 0.2) is 0 Å². The molecule has 0 aromatic heterocycles. The molecule has 0 amide bonds. The van der Waals surface area contributed by atoms with Gasteiger partial charge >= 0.3 is 0 Å². The summed E-state index contributed by atoms with van der Waals surface area (Å²) in [7, 11) is 0. The average Bonchev–Trinajstić information content (AvgIpc) is 2.02. The smallest absolute Gasteiger partial charge is 0.0961 e. The molecular formula is C10H17NO. The molecule has 2 aliphatic heterocycles. The van der Waals surface area contributed by atoms with Crippen molar-refractivity contribution in [3.63, 3.8) is 0 Å². The highest BCUT2D eigenvalue weighted by molar-refractivity contribution is 4.99. The van der Waals surface area contributed by atoms with Crippen LogP contribution in [-0.4, -0.2) is 28.8 Å². The van der Waals surface area contributed by atoms with E-state index in [-0.39, 0.29) is 0 Å². The number of aliphatic hydroxyl groups excluding tert-OH is 1. The molecule has 2 saturated carbocycles. The molecule has 0 atom stereocenters. The summed E-state index contributed by atoms with van der Waals surface area (Å²) in [4.78, 5) is 2.34. The maximum atomic E-state index is 9.22. The van der Waals surface area contributed by atoms with E-state index in [4.69, 9.17) is 0 Å². The predicted octanol–water partition coefficient (Wildman–Crippen LogP) is 1.20. The summed E-state index contributed by atoms with van der Waals surface area (Å²) in [5.74, 6) is 2.02. The molecule has 4 aliphatic rings. The van der Waals surface area contributed by atoms with Crippen molar-refractivity contribution >= 4 is 0 Å².